The number of halogens is 2. The average Bonchev–Trinajstić information content (AvgIpc) is 2.68. The van der Waals surface area contributed by atoms with E-state index in [-0.39, 0.29) is 0 Å². The lowest BCUT2D eigenvalue weighted by molar-refractivity contribution is 0.415. The number of methoxy groups -OCH3 is 1. The molecule has 86 valence electrons. The fourth-order valence-electron chi connectivity index (χ4n) is 1.95. The fourth-order valence-corrected chi connectivity index (χ4v) is 4.19. The SMILES string of the molecule is COc1cc(Cl)c2c(c1)sc1cccc(Br)c12. The van der Waals surface area contributed by atoms with E-state index in [9.17, 15) is 0 Å². The Morgan fingerprint density at radius 1 is 1.18 bits per heavy atom. The Bertz CT molecular complexity index is 720. The minimum Gasteiger partial charge on any atom is -0.497 e. The highest BCUT2D eigenvalue weighted by Gasteiger charge is 2.12. The Labute approximate surface area is 116 Å². The van der Waals surface area contributed by atoms with Gasteiger partial charge in [-0.3, -0.25) is 0 Å². The summed E-state index contributed by atoms with van der Waals surface area (Å²) < 4.78 is 8.69. The molecule has 3 rings (SSSR count). The minimum atomic E-state index is 0.734. The Balaban J connectivity index is 2.53. The molecule has 0 atom stereocenters. The zero-order valence-corrected chi connectivity index (χ0v) is 12.1. The number of benzene rings is 2. The monoisotopic (exact) mass is 326 g/mol. The number of hydrogen-bond donors (Lipinski definition) is 0. The Morgan fingerprint density at radius 2 is 2.00 bits per heavy atom. The van der Waals surface area contributed by atoms with Crippen molar-refractivity contribution in [1.82, 2.24) is 0 Å². The lowest BCUT2D eigenvalue weighted by atomic mass is 10.1. The molecule has 2 aromatic carbocycles. The first-order valence-corrected chi connectivity index (χ1v) is 7.03. The lowest BCUT2D eigenvalue weighted by Crippen LogP contribution is -1.81. The van der Waals surface area contributed by atoms with Gasteiger partial charge in [0.25, 0.3) is 0 Å². The van der Waals surface area contributed by atoms with Gasteiger partial charge in [0, 0.05) is 24.6 Å². The van der Waals surface area contributed by atoms with Crippen molar-refractivity contribution in [3.63, 3.8) is 0 Å². The highest BCUT2D eigenvalue weighted by atomic mass is 79.9. The molecule has 0 N–H and O–H groups in total. The second-order valence-corrected chi connectivity index (χ2v) is 6.04. The highest BCUT2D eigenvalue weighted by molar-refractivity contribution is 9.10. The van der Waals surface area contributed by atoms with E-state index in [1.54, 1.807) is 18.4 Å². The van der Waals surface area contributed by atoms with Gasteiger partial charge < -0.3 is 4.74 Å². The van der Waals surface area contributed by atoms with Gasteiger partial charge in [0.1, 0.15) is 5.75 Å². The van der Waals surface area contributed by atoms with Crippen LogP contribution >= 0.6 is 38.9 Å². The standard InChI is InChI=1S/C13H8BrClOS/c1-16-7-5-9(15)13-11(6-7)17-10-4-2-3-8(14)12(10)13/h2-6H,1H3. The molecule has 0 unspecified atom stereocenters. The van der Waals surface area contributed by atoms with E-state index in [1.165, 1.54) is 10.1 Å². The largest absolute Gasteiger partial charge is 0.497 e. The van der Waals surface area contributed by atoms with Crippen molar-refractivity contribution in [2.24, 2.45) is 0 Å². The second-order valence-electron chi connectivity index (χ2n) is 3.70. The predicted molar refractivity (Wildman–Crippen MR) is 78.6 cm³/mol. The van der Waals surface area contributed by atoms with Gasteiger partial charge in [-0.2, -0.15) is 0 Å². The van der Waals surface area contributed by atoms with Crippen LogP contribution in [0.2, 0.25) is 5.02 Å². The fraction of sp³-hybridized carbons (Fsp3) is 0.0769. The lowest BCUT2D eigenvalue weighted by Gasteiger charge is -2.02. The van der Waals surface area contributed by atoms with Gasteiger partial charge in [-0.15, -0.1) is 11.3 Å². The third kappa shape index (κ3) is 1.73. The molecule has 0 saturated carbocycles. The Kier molecular flexibility index (Phi) is 2.77. The van der Waals surface area contributed by atoms with Crippen LogP contribution in [0.15, 0.2) is 34.8 Å². The van der Waals surface area contributed by atoms with E-state index in [1.807, 2.05) is 24.3 Å². The molecule has 0 saturated heterocycles. The number of hydrogen-bond acceptors (Lipinski definition) is 2. The van der Waals surface area contributed by atoms with Crippen LogP contribution in [0.5, 0.6) is 5.75 Å². The summed E-state index contributed by atoms with van der Waals surface area (Å²) in [5.41, 5.74) is 0. The summed E-state index contributed by atoms with van der Waals surface area (Å²) in [6, 6.07) is 10.1. The van der Waals surface area contributed by atoms with Crippen molar-refractivity contribution >= 4 is 59.0 Å². The first kappa shape index (κ1) is 11.3. The summed E-state index contributed by atoms with van der Waals surface area (Å²) in [4.78, 5) is 0. The Hall–Kier alpha value is -0.770. The van der Waals surface area contributed by atoms with Gasteiger partial charge in [0.2, 0.25) is 0 Å². The molecule has 1 heterocycles. The van der Waals surface area contributed by atoms with Crippen LogP contribution < -0.4 is 4.74 Å². The average molecular weight is 328 g/mol. The van der Waals surface area contributed by atoms with E-state index >= 15 is 0 Å². The molecule has 0 aliphatic carbocycles. The highest BCUT2D eigenvalue weighted by Crippen LogP contribution is 2.43. The van der Waals surface area contributed by atoms with E-state index in [0.29, 0.717) is 0 Å². The summed E-state index contributed by atoms with van der Waals surface area (Å²) in [7, 11) is 1.65. The van der Waals surface area contributed by atoms with Crippen LogP contribution in [-0.4, -0.2) is 7.11 Å². The van der Waals surface area contributed by atoms with Crippen LogP contribution in [0.1, 0.15) is 0 Å². The van der Waals surface area contributed by atoms with Crippen LogP contribution in [-0.2, 0) is 0 Å². The smallest absolute Gasteiger partial charge is 0.121 e. The molecular formula is C13H8BrClOS. The molecule has 3 aromatic rings. The second kappa shape index (κ2) is 4.16. The summed E-state index contributed by atoms with van der Waals surface area (Å²) >= 11 is 11.6. The molecule has 4 heteroatoms. The molecule has 1 nitrogen and oxygen atoms in total. The van der Waals surface area contributed by atoms with Crippen LogP contribution in [0, 0.1) is 0 Å². The van der Waals surface area contributed by atoms with E-state index in [4.69, 9.17) is 16.3 Å². The first-order chi connectivity index (χ1) is 8.20. The van der Waals surface area contributed by atoms with Gasteiger partial charge in [-0.25, -0.2) is 0 Å². The number of thiophene rings is 1. The van der Waals surface area contributed by atoms with E-state index < -0.39 is 0 Å². The van der Waals surface area contributed by atoms with Crippen molar-refractivity contribution < 1.29 is 4.74 Å². The van der Waals surface area contributed by atoms with Crippen molar-refractivity contribution in [2.45, 2.75) is 0 Å². The third-order valence-electron chi connectivity index (χ3n) is 2.71. The van der Waals surface area contributed by atoms with Crippen LogP contribution in [0.25, 0.3) is 20.2 Å². The zero-order valence-electron chi connectivity index (χ0n) is 8.96. The number of ether oxygens (including phenoxy) is 1. The maximum Gasteiger partial charge on any atom is 0.121 e. The molecule has 1 aromatic heterocycles. The maximum absolute atomic E-state index is 6.34. The normalized spacial score (nSPS) is 11.2. The molecule has 0 aliphatic heterocycles. The van der Waals surface area contributed by atoms with Crippen molar-refractivity contribution in [3.8, 4) is 5.75 Å². The van der Waals surface area contributed by atoms with Gasteiger partial charge in [0.15, 0.2) is 0 Å². The van der Waals surface area contributed by atoms with E-state index in [0.717, 1.165) is 25.3 Å². The Morgan fingerprint density at radius 3 is 2.76 bits per heavy atom. The minimum absolute atomic E-state index is 0.734. The van der Waals surface area contributed by atoms with Crippen molar-refractivity contribution in [2.75, 3.05) is 7.11 Å². The van der Waals surface area contributed by atoms with Crippen molar-refractivity contribution in [1.29, 1.82) is 0 Å². The van der Waals surface area contributed by atoms with Gasteiger partial charge in [-0.1, -0.05) is 33.6 Å². The van der Waals surface area contributed by atoms with Gasteiger partial charge >= 0.3 is 0 Å². The molecular weight excluding hydrogens is 320 g/mol. The molecule has 0 aliphatic rings. The molecule has 0 radical (unpaired) electrons. The number of rotatable bonds is 1. The zero-order chi connectivity index (χ0) is 12.0. The summed E-state index contributed by atoms with van der Waals surface area (Å²) in [6.07, 6.45) is 0. The summed E-state index contributed by atoms with van der Waals surface area (Å²) in [5, 5.41) is 3.01. The molecule has 0 amide bonds. The van der Waals surface area contributed by atoms with Crippen molar-refractivity contribution in [3.05, 3.63) is 39.8 Å². The quantitative estimate of drug-likeness (QED) is 0.575. The van der Waals surface area contributed by atoms with Crippen LogP contribution in [0.3, 0.4) is 0 Å². The summed E-state index contributed by atoms with van der Waals surface area (Å²) in [6.45, 7) is 0. The van der Waals surface area contributed by atoms with E-state index in [2.05, 4.69) is 22.0 Å². The summed E-state index contributed by atoms with van der Waals surface area (Å²) in [5.74, 6) is 0.796. The third-order valence-corrected chi connectivity index (χ3v) is 4.77. The molecule has 17 heavy (non-hydrogen) atoms. The molecule has 0 fully saturated rings. The maximum atomic E-state index is 6.34. The van der Waals surface area contributed by atoms with Crippen LogP contribution in [0.4, 0.5) is 0 Å². The predicted octanol–water partition coefficient (Wildman–Crippen LogP) is 5.48. The molecule has 0 spiro atoms. The molecule has 0 bridgehead atoms. The van der Waals surface area contributed by atoms with Gasteiger partial charge in [-0.05, 0) is 24.3 Å². The number of fused-ring (bicyclic) bond motifs is 3. The van der Waals surface area contributed by atoms with Gasteiger partial charge in [0.05, 0.1) is 12.1 Å². The topological polar surface area (TPSA) is 9.23 Å². The first-order valence-electron chi connectivity index (χ1n) is 5.05.